The summed E-state index contributed by atoms with van der Waals surface area (Å²) in [5.74, 6) is 0.402. The number of hydrogen-bond acceptors (Lipinski definition) is 1. The molecule has 0 aromatic carbocycles. The van der Waals surface area contributed by atoms with E-state index in [9.17, 15) is 5.11 Å². The van der Waals surface area contributed by atoms with Crippen molar-refractivity contribution in [3.8, 4) is 0 Å². The lowest BCUT2D eigenvalue weighted by molar-refractivity contribution is 0.0901. The average molecular weight is 189 g/mol. The van der Waals surface area contributed by atoms with Crippen molar-refractivity contribution in [2.45, 2.75) is 43.6 Å². The molecule has 0 heterocycles. The first-order valence-electron chi connectivity index (χ1n) is 4.70. The fourth-order valence-corrected chi connectivity index (χ4v) is 2.08. The lowest BCUT2D eigenvalue weighted by Crippen LogP contribution is -2.30. The van der Waals surface area contributed by atoms with Crippen molar-refractivity contribution in [1.29, 1.82) is 0 Å². The van der Waals surface area contributed by atoms with Gasteiger partial charge in [0.2, 0.25) is 0 Å². The summed E-state index contributed by atoms with van der Waals surface area (Å²) in [6.45, 7) is 3.58. The first-order chi connectivity index (χ1) is 5.75. The highest BCUT2D eigenvalue weighted by molar-refractivity contribution is 6.22. The maximum absolute atomic E-state index is 9.74. The fraction of sp³-hybridized carbons (Fsp3) is 0.800. The normalized spacial score (nSPS) is 24.8. The van der Waals surface area contributed by atoms with E-state index in [2.05, 4.69) is 6.58 Å². The Hall–Kier alpha value is -0.0100. The standard InChI is InChI=1S/C10H17ClO/c1-2-9(11)10(12)8-6-4-3-5-7-8/h2,8-10,12H,1,3-7H2/t9-,10-/m0/s1. The van der Waals surface area contributed by atoms with Crippen LogP contribution in [0.1, 0.15) is 32.1 Å². The molecule has 1 aliphatic carbocycles. The molecular formula is C10H17ClO. The largest absolute Gasteiger partial charge is 0.391 e. The summed E-state index contributed by atoms with van der Waals surface area (Å²) in [6.07, 6.45) is 7.27. The summed E-state index contributed by atoms with van der Waals surface area (Å²) in [6, 6.07) is 0. The topological polar surface area (TPSA) is 20.2 Å². The van der Waals surface area contributed by atoms with Gasteiger partial charge in [-0.25, -0.2) is 0 Å². The van der Waals surface area contributed by atoms with Crippen molar-refractivity contribution < 1.29 is 5.11 Å². The minimum atomic E-state index is -0.385. The molecule has 1 rings (SSSR count). The first kappa shape index (κ1) is 10.1. The van der Waals surface area contributed by atoms with Crippen LogP contribution in [0.4, 0.5) is 0 Å². The van der Waals surface area contributed by atoms with E-state index in [4.69, 9.17) is 11.6 Å². The van der Waals surface area contributed by atoms with Crippen molar-refractivity contribution in [1.82, 2.24) is 0 Å². The Balaban J connectivity index is 2.38. The second-order valence-electron chi connectivity index (χ2n) is 3.57. The molecule has 0 amide bonds. The van der Waals surface area contributed by atoms with E-state index in [1.54, 1.807) is 6.08 Å². The van der Waals surface area contributed by atoms with Crippen molar-refractivity contribution in [2.75, 3.05) is 0 Å². The predicted octanol–water partition coefficient (Wildman–Crippen LogP) is 2.72. The van der Waals surface area contributed by atoms with Gasteiger partial charge in [0.1, 0.15) is 0 Å². The van der Waals surface area contributed by atoms with E-state index in [1.807, 2.05) is 0 Å². The van der Waals surface area contributed by atoms with Crippen LogP contribution in [0.5, 0.6) is 0 Å². The van der Waals surface area contributed by atoms with Gasteiger partial charge in [0.25, 0.3) is 0 Å². The van der Waals surface area contributed by atoms with Crippen LogP contribution in [0, 0.1) is 5.92 Å². The first-order valence-corrected chi connectivity index (χ1v) is 5.14. The Kier molecular flexibility index (Phi) is 4.10. The molecule has 0 aliphatic heterocycles. The Labute approximate surface area is 79.4 Å². The molecule has 0 spiro atoms. The highest BCUT2D eigenvalue weighted by Crippen LogP contribution is 2.29. The molecule has 0 aromatic rings. The highest BCUT2D eigenvalue weighted by Gasteiger charge is 2.25. The third kappa shape index (κ3) is 2.49. The van der Waals surface area contributed by atoms with Gasteiger partial charge < -0.3 is 5.11 Å². The van der Waals surface area contributed by atoms with Crippen molar-refractivity contribution in [2.24, 2.45) is 5.92 Å². The van der Waals surface area contributed by atoms with E-state index >= 15 is 0 Å². The summed E-state index contributed by atoms with van der Waals surface area (Å²) in [5, 5.41) is 9.47. The van der Waals surface area contributed by atoms with Crippen LogP contribution in [-0.2, 0) is 0 Å². The lowest BCUT2D eigenvalue weighted by Gasteiger charge is -2.28. The van der Waals surface area contributed by atoms with E-state index in [-0.39, 0.29) is 11.5 Å². The fourth-order valence-electron chi connectivity index (χ4n) is 1.88. The molecule has 0 radical (unpaired) electrons. The summed E-state index contributed by atoms with van der Waals surface area (Å²) < 4.78 is 0. The number of rotatable bonds is 3. The van der Waals surface area contributed by atoms with E-state index in [0.29, 0.717) is 5.92 Å². The second-order valence-corrected chi connectivity index (χ2v) is 4.07. The number of aliphatic hydroxyl groups excluding tert-OH is 1. The van der Waals surface area contributed by atoms with Crippen LogP contribution in [0.3, 0.4) is 0 Å². The molecule has 1 fully saturated rings. The zero-order chi connectivity index (χ0) is 8.97. The van der Waals surface area contributed by atoms with Crippen LogP contribution >= 0.6 is 11.6 Å². The molecule has 1 aliphatic rings. The van der Waals surface area contributed by atoms with Crippen molar-refractivity contribution in [3.63, 3.8) is 0 Å². The van der Waals surface area contributed by atoms with Gasteiger partial charge in [0, 0.05) is 0 Å². The number of hydrogen-bond donors (Lipinski definition) is 1. The van der Waals surface area contributed by atoms with Gasteiger partial charge in [-0.2, -0.15) is 0 Å². The molecule has 70 valence electrons. The van der Waals surface area contributed by atoms with Crippen LogP contribution < -0.4 is 0 Å². The van der Waals surface area contributed by atoms with Gasteiger partial charge in [-0.15, -0.1) is 18.2 Å². The van der Waals surface area contributed by atoms with Gasteiger partial charge >= 0.3 is 0 Å². The summed E-state index contributed by atoms with van der Waals surface area (Å²) >= 11 is 5.88. The monoisotopic (exact) mass is 188 g/mol. The smallest absolute Gasteiger partial charge is 0.0775 e. The SMILES string of the molecule is C=C[C@H](Cl)[C@@H](O)C1CCCCC1. The van der Waals surface area contributed by atoms with Gasteiger partial charge in [-0.05, 0) is 18.8 Å². The van der Waals surface area contributed by atoms with Crippen LogP contribution in [0.2, 0.25) is 0 Å². The molecule has 0 bridgehead atoms. The van der Waals surface area contributed by atoms with Crippen molar-refractivity contribution in [3.05, 3.63) is 12.7 Å². The van der Waals surface area contributed by atoms with E-state index < -0.39 is 0 Å². The molecule has 0 aromatic heterocycles. The summed E-state index contributed by atoms with van der Waals surface area (Å²) in [4.78, 5) is 0. The molecule has 12 heavy (non-hydrogen) atoms. The molecule has 0 saturated heterocycles. The lowest BCUT2D eigenvalue weighted by atomic mass is 9.84. The maximum atomic E-state index is 9.74. The van der Waals surface area contributed by atoms with Gasteiger partial charge in [0.05, 0.1) is 11.5 Å². The quantitative estimate of drug-likeness (QED) is 0.534. The van der Waals surface area contributed by atoms with Crippen LogP contribution in [-0.4, -0.2) is 16.6 Å². The molecule has 1 N–H and O–H groups in total. The molecular weight excluding hydrogens is 172 g/mol. The zero-order valence-electron chi connectivity index (χ0n) is 7.38. The Morgan fingerprint density at radius 3 is 2.42 bits per heavy atom. The van der Waals surface area contributed by atoms with Crippen molar-refractivity contribution >= 4 is 11.6 Å². The average Bonchev–Trinajstić information content (AvgIpc) is 2.17. The Morgan fingerprint density at radius 1 is 1.33 bits per heavy atom. The van der Waals surface area contributed by atoms with Crippen LogP contribution in [0.15, 0.2) is 12.7 Å². The van der Waals surface area contributed by atoms with E-state index in [0.717, 1.165) is 12.8 Å². The molecule has 1 saturated carbocycles. The predicted molar refractivity (Wildman–Crippen MR) is 52.4 cm³/mol. The Bertz CT molecular complexity index is 141. The number of alkyl halides is 1. The maximum Gasteiger partial charge on any atom is 0.0775 e. The number of aliphatic hydroxyl groups is 1. The number of halogens is 1. The zero-order valence-corrected chi connectivity index (χ0v) is 8.13. The Morgan fingerprint density at radius 2 is 1.92 bits per heavy atom. The molecule has 2 atom stereocenters. The second kappa shape index (κ2) is 4.88. The van der Waals surface area contributed by atoms with Gasteiger partial charge in [-0.3, -0.25) is 0 Å². The minimum absolute atomic E-state index is 0.270. The third-order valence-corrected chi connectivity index (χ3v) is 3.12. The molecule has 0 unspecified atom stereocenters. The third-order valence-electron chi connectivity index (χ3n) is 2.68. The highest BCUT2D eigenvalue weighted by atomic mass is 35.5. The molecule has 2 heteroatoms. The van der Waals surface area contributed by atoms with Gasteiger partial charge in [0.15, 0.2) is 0 Å². The minimum Gasteiger partial charge on any atom is -0.391 e. The van der Waals surface area contributed by atoms with E-state index in [1.165, 1.54) is 19.3 Å². The summed E-state index contributed by atoms with van der Waals surface area (Å²) in [5.41, 5.74) is 0. The molecule has 1 nitrogen and oxygen atoms in total. The van der Waals surface area contributed by atoms with Crippen LogP contribution in [0.25, 0.3) is 0 Å². The van der Waals surface area contributed by atoms with Gasteiger partial charge in [-0.1, -0.05) is 25.3 Å². The summed E-state index contributed by atoms with van der Waals surface area (Å²) in [7, 11) is 0.